The van der Waals surface area contributed by atoms with Gasteiger partial charge in [0.05, 0.1) is 5.41 Å². The smallest absolute Gasteiger partial charge is 0.0619 e. The van der Waals surface area contributed by atoms with Gasteiger partial charge in [-0.25, -0.2) is 0 Å². The molecule has 0 amide bonds. The van der Waals surface area contributed by atoms with Crippen LogP contribution < -0.4 is 0 Å². The van der Waals surface area contributed by atoms with Crippen LogP contribution in [-0.2, 0) is 5.41 Å². The van der Waals surface area contributed by atoms with E-state index in [-0.39, 0.29) is 5.41 Å². The van der Waals surface area contributed by atoms with Gasteiger partial charge >= 0.3 is 0 Å². The van der Waals surface area contributed by atoms with Gasteiger partial charge in [0.2, 0.25) is 0 Å². The Labute approximate surface area is 227 Å². The molecule has 180 valence electrons. The van der Waals surface area contributed by atoms with Crippen molar-refractivity contribution in [2.45, 2.75) is 5.41 Å². The molecule has 7 aromatic carbocycles. The Bertz CT molecular complexity index is 2120. The molecule has 0 aliphatic heterocycles. The lowest BCUT2D eigenvalue weighted by Gasteiger charge is -2.40. The molecule has 2 aliphatic rings. The van der Waals surface area contributed by atoms with Gasteiger partial charge in [0.25, 0.3) is 0 Å². The molecule has 0 nitrogen and oxygen atoms in total. The standard InChI is InChI=1S/C39H24/c1-2-14-28-25(10-1)11-7-17-29(28)27-22-23-36-33(24-27)31-16-4-6-20-35(31)39(36)34-19-5-3-15-30(34)32-18-8-12-26-13-9-21-37(39)38(26)32/h1-24H. The third-order valence-corrected chi connectivity index (χ3v) is 9.08. The minimum atomic E-state index is -0.354. The number of rotatable bonds is 1. The first-order valence-corrected chi connectivity index (χ1v) is 13.7. The maximum Gasteiger partial charge on any atom is 0.0725 e. The number of fused-ring (bicyclic) bond motifs is 10. The van der Waals surface area contributed by atoms with Crippen LogP contribution >= 0.6 is 0 Å². The first kappa shape index (κ1) is 21.0. The molecule has 0 saturated heterocycles. The predicted molar refractivity (Wildman–Crippen MR) is 163 cm³/mol. The molecule has 1 unspecified atom stereocenters. The average Bonchev–Trinajstić information content (AvgIpc) is 3.30. The van der Waals surface area contributed by atoms with E-state index in [1.54, 1.807) is 0 Å². The van der Waals surface area contributed by atoms with Crippen molar-refractivity contribution in [1.29, 1.82) is 0 Å². The van der Waals surface area contributed by atoms with Crippen LogP contribution in [0.4, 0.5) is 0 Å². The topological polar surface area (TPSA) is 0 Å². The molecule has 0 N–H and O–H groups in total. The van der Waals surface area contributed by atoms with E-state index in [1.807, 2.05) is 0 Å². The molecule has 1 spiro atoms. The van der Waals surface area contributed by atoms with E-state index in [9.17, 15) is 0 Å². The predicted octanol–water partition coefficient (Wildman–Crippen LogP) is 10.0. The summed E-state index contributed by atoms with van der Waals surface area (Å²) in [5.41, 5.74) is 13.1. The van der Waals surface area contributed by atoms with E-state index >= 15 is 0 Å². The van der Waals surface area contributed by atoms with E-state index in [4.69, 9.17) is 0 Å². The monoisotopic (exact) mass is 492 g/mol. The Morgan fingerprint density at radius 2 is 0.872 bits per heavy atom. The van der Waals surface area contributed by atoms with Crippen molar-refractivity contribution < 1.29 is 0 Å². The van der Waals surface area contributed by atoms with Gasteiger partial charge in [0, 0.05) is 0 Å². The van der Waals surface area contributed by atoms with Crippen molar-refractivity contribution in [2.24, 2.45) is 0 Å². The molecule has 1 atom stereocenters. The highest BCUT2D eigenvalue weighted by molar-refractivity contribution is 6.07. The molecule has 0 aromatic heterocycles. The normalized spacial score (nSPS) is 16.3. The summed E-state index contributed by atoms with van der Waals surface area (Å²) in [6.07, 6.45) is 0. The zero-order valence-corrected chi connectivity index (χ0v) is 21.4. The summed E-state index contributed by atoms with van der Waals surface area (Å²) < 4.78 is 0. The maximum atomic E-state index is 2.44. The summed E-state index contributed by atoms with van der Waals surface area (Å²) in [5, 5.41) is 5.25. The molecular weight excluding hydrogens is 468 g/mol. The van der Waals surface area contributed by atoms with Gasteiger partial charge in [-0.3, -0.25) is 0 Å². The lowest BCUT2D eigenvalue weighted by Crippen LogP contribution is -2.31. The van der Waals surface area contributed by atoms with E-state index < -0.39 is 0 Å². The summed E-state index contributed by atoms with van der Waals surface area (Å²) >= 11 is 0. The second-order valence-corrected chi connectivity index (χ2v) is 10.8. The van der Waals surface area contributed by atoms with Gasteiger partial charge in [-0.05, 0) is 83.2 Å². The molecule has 0 saturated carbocycles. The van der Waals surface area contributed by atoms with Crippen LogP contribution in [0, 0.1) is 0 Å². The fourth-order valence-corrected chi connectivity index (χ4v) is 7.58. The van der Waals surface area contributed by atoms with Crippen LogP contribution in [0.1, 0.15) is 22.3 Å². The summed E-state index contributed by atoms with van der Waals surface area (Å²) in [4.78, 5) is 0. The van der Waals surface area contributed by atoms with Crippen LogP contribution in [0.15, 0.2) is 146 Å². The molecular formula is C39H24. The quantitative estimate of drug-likeness (QED) is 0.214. The minimum absolute atomic E-state index is 0.354. The van der Waals surface area contributed by atoms with Crippen LogP contribution in [0.2, 0.25) is 0 Å². The van der Waals surface area contributed by atoms with Crippen molar-refractivity contribution in [3.63, 3.8) is 0 Å². The lowest BCUT2D eigenvalue weighted by molar-refractivity contribution is 0.773. The van der Waals surface area contributed by atoms with Crippen LogP contribution in [0.25, 0.3) is 54.9 Å². The fourth-order valence-electron chi connectivity index (χ4n) is 7.58. The molecule has 0 bridgehead atoms. The highest BCUT2D eigenvalue weighted by atomic mass is 14.5. The van der Waals surface area contributed by atoms with Crippen LogP contribution in [0.5, 0.6) is 0 Å². The molecule has 39 heavy (non-hydrogen) atoms. The highest BCUT2D eigenvalue weighted by Crippen LogP contribution is 2.62. The van der Waals surface area contributed by atoms with Crippen molar-refractivity contribution >= 4 is 21.5 Å². The average molecular weight is 493 g/mol. The van der Waals surface area contributed by atoms with E-state index in [0.29, 0.717) is 0 Å². The first-order valence-electron chi connectivity index (χ1n) is 13.7. The van der Waals surface area contributed by atoms with Crippen molar-refractivity contribution in [1.82, 2.24) is 0 Å². The third-order valence-electron chi connectivity index (χ3n) is 9.08. The summed E-state index contributed by atoms with van der Waals surface area (Å²) in [5.74, 6) is 0. The van der Waals surface area contributed by atoms with Gasteiger partial charge < -0.3 is 0 Å². The Morgan fingerprint density at radius 3 is 1.69 bits per heavy atom. The summed E-state index contributed by atoms with van der Waals surface area (Å²) in [7, 11) is 0. The summed E-state index contributed by atoms with van der Waals surface area (Å²) in [6, 6.07) is 54.3. The van der Waals surface area contributed by atoms with Gasteiger partial charge in [-0.15, -0.1) is 0 Å². The molecule has 9 rings (SSSR count). The van der Waals surface area contributed by atoms with Crippen LogP contribution in [0.3, 0.4) is 0 Å². The van der Waals surface area contributed by atoms with E-state index in [1.165, 1.54) is 77.2 Å². The zero-order valence-electron chi connectivity index (χ0n) is 21.4. The molecule has 0 heterocycles. The van der Waals surface area contributed by atoms with Crippen molar-refractivity contribution in [3.05, 3.63) is 168 Å². The highest BCUT2D eigenvalue weighted by Gasteiger charge is 2.49. The minimum Gasteiger partial charge on any atom is -0.0619 e. The maximum absolute atomic E-state index is 2.44. The Balaban J connectivity index is 1.43. The van der Waals surface area contributed by atoms with Gasteiger partial charge in [-0.1, -0.05) is 140 Å². The zero-order chi connectivity index (χ0) is 25.6. The van der Waals surface area contributed by atoms with Gasteiger partial charge in [0.15, 0.2) is 0 Å². The lowest BCUT2D eigenvalue weighted by atomic mass is 9.61. The Kier molecular flexibility index (Phi) is 4.08. The number of hydrogen-bond donors (Lipinski definition) is 0. The molecule has 0 fully saturated rings. The first-order chi connectivity index (χ1) is 19.4. The molecule has 0 heteroatoms. The van der Waals surface area contributed by atoms with Crippen molar-refractivity contribution in [3.8, 4) is 33.4 Å². The second-order valence-electron chi connectivity index (χ2n) is 10.8. The van der Waals surface area contributed by atoms with Crippen molar-refractivity contribution in [2.75, 3.05) is 0 Å². The SMILES string of the molecule is c1ccc2c(c1)-c1cc(-c3cccc4ccccc34)ccc1C21c2ccccc2-c2cccc3cccc1c23. The van der Waals surface area contributed by atoms with E-state index in [2.05, 4.69) is 146 Å². The van der Waals surface area contributed by atoms with Crippen LogP contribution in [-0.4, -0.2) is 0 Å². The fraction of sp³-hybridized carbons (Fsp3) is 0.0256. The molecule has 7 aromatic rings. The third kappa shape index (κ3) is 2.59. The van der Waals surface area contributed by atoms with Gasteiger partial charge in [0.1, 0.15) is 0 Å². The van der Waals surface area contributed by atoms with Gasteiger partial charge in [-0.2, -0.15) is 0 Å². The van der Waals surface area contributed by atoms with E-state index in [0.717, 1.165) is 0 Å². The largest absolute Gasteiger partial charge is 0.0725 e. The second kappa shape index (κ2) is 7.56. The molecule has 2 aliphatic carbocycles. The summed E-state index contributed by atoms with van der Waals surface area (Å²) in [6.45, 7) is 0. The molecule has 0 radical (unpaired) electrons. The number of hydrogen-bond acceptors (Lipinski definition) is 0. The Morgan fingerprint density at radius 1 is 0.333 bits per heavy atom. The Hall–Kier alpha value is -4.94. The number of benzene rings is 7.